The van der Waals surface area contributed by atoms with E-state index in [-0.39, 0.29) is 5.78 Å². The Morgan fingerprint density at radius 3 is 2.23 bits per heavy atom. The van der Waals surface area contributed by atoms with Crippen molar-refractivity contribution in [3.05, 3.63) is 89.5 Å². The molecule has 3 rings (SSSR count). The molecule has 0 aliphatic carbocycles. The second-order valence-electron chi connectivity index (χ2n) is 5.56. The monoisotopic (exact) mass is 350 g/mol. The van der Waals surface area contributed by atoms with Crippen LogP contribution in [-0.2, 0) is 11.8 Å². The van der Waals surface area contributed by atoms with Crippen LogP contribution in [0.3, 0.4) is 0 Å². The summed E-state index contributed by atoms with van der Waals surface area (Å²) in [5.74, 6) is -0.851. The number of ether oxygens (including phenoxy) is 1. The number of carbonyl (C=O) groups excluding carboxylic acids is 2. The molecule has 2 aromatic carbocycles. The molecule has 26 heavy (non-hydrogen) atoms. The number of benzene rings is 2. The average molecular weight is 350 g/mol. The predicted octanol–water partition coefficient (Wildman–Crippen LogP) is 3.41. The van der Waals surface area contributed by atoms with Gasteiger partial charge in [-0.1, -0.05) is 0 Å². The molecule has 0 atom stereocenters. The fraction of sp³-hybridized carbons (Fsp3) is 0.0500. The van der Waals surface area contributed by atoms with Crippen LogP contribution >= 0.6 is 0 Å². The quantitative estimate of drug-likeness (QED) is 0.306. The number of rotatable bonds is 5. The number of ketones is 1. The molecule has 0 N–H and O–H groups in total. The van der Waals surface area contributed by atoms with E-state index in [2.05, 4.69) is 5.10 Å². The van der Waals surface area contributed by atoms with Crippen LogP contribution in [0.15, 0.2) is 67.0 Å². The van der Waals surface area contributed by atoms with Crippen LogP contribution in [0.2, 0.25) is 0 Å². The first-order chi connectivity index (χ1) is 12.5. The standard InChI is InChI=1S/C20H15FN2O3/c1-23-13-14(12-22-23)2-11-19(24)26-18-9-5-16(6-10-18)20(25)15-3-7-17(21)8-4-15/h2-13H,1H3/b11-2+. The van der Waals surface area contributed by atoms with Gasteiger partial charge >= 0.3 is 5.97 Å². The number of aryl methyl sites for hydroxylation is 1. The van der Waals surface area contributed by atoms with E-state index in [1.807, 2.05) is 0 Å². The highest BCUT2D eigenvalue weighted by atomic mass is 19.1. The number of esters is 1. The summed E-state index contributed by atoms with van der Waals surface area (Å²) < 4.78 is 19.7. The zero-order chi connectivity index (χ0) is 18.5. The summed E-state index contributed by atoms with van der Waals surface area (Å²) in [5, 5.41) is 4.00. The predicted molar refractivity (Wildman–Crippen MR) is 94.2 cm³/mol. The van der Waals surface area contributed by atoms with E-state index in [0.717, 1.165) is 5.56 Å². The topological polar surface area (TPSA) is 61.2 Å². The Bertz CT molecular complexity index is 957. The van der Waals surface area contributed by atoms with Gasteiger partial charge in [-0.25, -0.2) is 9.18 Å². The molecule has 1 aromatic heterocycles. The highest BCUT2D eigenvalue weighted by Crippen LogP contribution is 2.16. The highest BCUT2D eigenvalue weighted by molar-refractivity contribution is 6.09. The van der Waals surface area contributed by atoms with Gasteiger partial charge in [0.25, 0.3) is 0 Å². The third-order valence-electron chi connectivity index (χ3n) is 3.58. The normalized spacial score (nSPS) is 10.8. The largest absolute Gasteiger partial charge is 0.423 e. The van der Waals surface area contributed by atoms with Gasteiger partial charge in [0.1, 0.15) is 11.6 Å². The lowest BCUT2D eigenvalue weighted by Gasteiger charge is -2.04. The van der Waals surface area contributed by atoms with E-state index < -0.39 is 11.8 Å². The van der Waals surface area contributed by atoms with Crippen LogP contribution in [0, 0.1) is 5.82 Å². The molecule has 0 radical (unpaired) electrons. The van der Waals surface area contributed by atoms with Gasteiger partial charge in [-0.3, -0.25) is 9.48 Å². The summed E-state index contributed by atoms with van der Waals surface area (Å²) >= 11 is 0. The summed E-state index contributed by atoms with van der Waals surface area (Å²) in [6.07, 6.45) is 6.29. The fourth-order valence-corrected chi connectivity index (χ4v) is 2.28. The van der Waals surface area contributed by atoms with Crippen molar-refractivity contribution in [1.82, 2.24) is 9.78 Å². The molecule has 5 nitrogen and oxygen atoms in total. The van der Waals surface area contributed by atoms with Gasteiger partial charge in [0.05, 0.1) is 6.20 Å². The molecule has 0 spiro atoms. The fourth-order valence-electron chi connectivity index (χ4n) is 2.28. The maximum absolute atomic E-state index is 12.9. The molecule has 130 valence electrons. The number of aromatic nitrogens is 2. The van der Waals surface area contributed by atoms with E-state index in [9.17, 15) is 14.0 Å². The summed E-state index contributed by atoms with van der Waals surface area (Å²) in [5.41, 5.74) is 1.59. The second-order valence-corrected chi connectivity index (χ2v) is 5.56. The van der Waals surface area contributed by atoms with Crippen molar-refractivity contribution >= 4 is 17.8 Å². The van der Waals surface area contributed by atoms with Crippen LogP contribution in [0.5, 0.6) is 5.75 Å². The molecule has 0 fully saturated rings. The van der Waals surface area contributed by atoms with Gasteiger partial charge in [0, 0.05) is 36.0 Å². The molecule has 0 saturated heterocycles. The number of halogens is 1. The minimum absolute atomic E-state index is 0.237. The van der Waals surface area contributed by atoms with E-state index >= 15 is 0 Å². The molecule has 0 aliphatic heterocycles. The highest BCUT2D eigenvalue weighted by Gasteiger charge is 2.10. The van der Waals surface area contributed by atoms with Crippen LogP contribution in [0.1, 0.15) is 21.5 Å². The van der Waals surface area contributed by atoms with Gasteiger partial charge < -0.3 is 4.74 Å². The average Bonchev–Trinajstić information content (AvgIpc) is 3.06. The van der Waals surface area contributed by atoms with Crippen molar-refractivity contribution in [3.63, 3.8) is 0 Å². The van der Waals surface area contributed by atoms with Crippen LogP contribution < -0.4 is 4.74 Å². The van der Waals surface area contributed by atoms with Gasteiger partial charge in [-0.2, -0.15) is 5.10 Å². The molecule has 1 heterocycles. The lowest BCUT2D eigenvalue weighted by atomic mass is 10.0. The minimum atomic E-state index is -0.536. The molecule has 6 heteroatoms. The van der Waals surface area contributed by atoms with Crippen molar-refractivity contribution < 1.29 is 18.7 Å². The number of hydrogen-bond acceptors (Lipinski definition) is 4. The Hall–Kier alpha value is -3.54. The summed E-state index contributed by atoms with van der Waals surface area (Å²) in [6.45, 7) is 0. The number of nitrogens with zero attached hydrogens (tertiary/aromatic N) is 2. The first-order valence-corrected chi connectivity index (χ1v) is 7.80. The molecular weight excluding hydrogens is 335 g/mol. The summed E-state index contributed by atoms with van der Waals surface area (Å²) in [7, 11) is 1.78. The Morgan fingerprint density at radius 2 is 1.65 bits per heavy atom. The van der Waals surface area contributed by atoms with E-state index in [1.54, 1.807) is 42.3 Å². The zero-order valence-electron chi connectivity index (χ0n) is 13.9. The molecule has 0 unspecified atom stereocenters. The Labute approximate surface area is 149 Å². The minimum Gasteiger partial charge on any atom is -0.423 e. The lowest BCUT2D eigenvalue weighted by Crippen LogP contribution is -2.05. The first kappa shape index (κ1) is 17.3. The van der Waals surface area contributed by atoms with Crippen molar-refractivity contribution in [2.75, 3.05) is 0 Å². The third kappa shape index (κ3) is 4.30. The summed E-state index contributed by atoms with van der Waals surface area (Å²) in [4.78, 5) is 24.1. The smallest absolute Gasteiger partial charge is 0.336 e. The van der Waals surface area contributed by atoms with Gasteiger partial charge in [-0.15, -0.1) is 0 Å². The lowest BCUT2D eigenvalue weighted by molar-refractivity contribution is -0.128. The van der Waals surface area contributed by atoms with Gasteiger partial charge in [0.15, 0.2) is 5.78 Å². The summed E-state index contributed by atoms with van der Waals surface area (Å²) in [6, 6.07) is 11.5. The van der Waals surface area contributed by atoms with E-state index in [0.29, 0.717) is 16.9 Å². The van der Waals surface area contributed by atoms with Crippen LogP contribution in [0.25, 0.3) is 6.08 Å². The van der Waals surface area contributed by atoms with Crippen molar-refractivity contribution in [3.8, 4) is 5.75 Å². The second kappa shape index (κ2) is 7.57. The molecule has 0 aliphatic rings. The number of hydrogen-bond donors (Lipinski definition) is 0. The van der Waals surface area contributed by atoms with Crippen molar-refractivity contribution in [2.24, 2.45) is 7.05 Å². The van der Waals surface area contributed by atoms with E-state index in [1.165, 1.54) is 42.5 Å². The first-order valence-electron chi connectivity index (χ1n) is 7.80. The SMILES string of the molecule is Cn1cc(/C=C/C(=O)Oc2ccc(C(=O)c3ccc(F)cc3)cc2)cn1. The Balaban J connectivity index is 1.63. The zero-order valence-corrected chi connectivity index (χ0v) is 13.9. The molecule has 0 amide bonds. The van der Waals surface area contributed by atoms with Crippen molar-refractivity contribution in [2.45, 2.75) is 0 Å². The van der Waals surface area contributed by atoms with Gasteiger partial charge in [0.2, 0.25) is 0 Å². The molecule has 0 bridgehead atoms. The molecule has 0 saturated carbocycles. The van der Waals surface area contributed by atoms with E-state index in [4.69, 9.17) is 4.74 Å². The van der Waals surface area contributed by atoms with Crippen LogP contribution in [0.4, 0.5) is 4.39 Å². The Morgan fingerprint density at radius 1 is 1.04 bits per heavy atom. The van der Waals surface area contributed by atoms with Crippen molar-refractivity contribution in [1.29, 1.82) is 0 Å². The Kier molecular flexibility index (Phi) is 5.03. The number of carbonyl (C=O) groups is 2. The maximum Gasteiger partial charge on any atom is 0.336 e. The van der Waals surface area contributed by atoms with Gasteiger partial charge in [-0.05, 0) is 54.6 Å². The molecular formula is C20H15FN2O3. The van der Waals surface area contributed by atoms with Crippen LogP contribution in [-0.4, -0.2) is 21.5 Å². The third-order valence-corrected chi connectivity index (χ3v) is 3.58. The maximum atomic E-state index is 12.9. The molecule has 3 aromatic rings.